The average molecular weight is 363 g/mol. The van der Waals surface area contributed by atoms with Crippen LogP contribution in [0.2, 0.25) is 0 Å². The zero-order valence-corrected chi connectivity index (χ0v) is 13.5. The van der Waals surface area contributed by atoms with E-state index in [0.717, 1.165) is 10.0 Å². The molecule has 2 aromatic rings. The number of hydrogen-bond donors (Lipinski definition) is 1. The number of hydrogen-bond acceptors (Lipinski definition) is 4. The van der Waals surface area contributed by atoms with Crippen molar-refractivity contribution in [2.45, 2.75) is 6.92 Å². The molecule has 0 spiro atoms. The monoisotopic (exact) mass is 362 g/mol. The van der Waals surface area contributed by atoms with Gasteiger partial charge in [-0.2, -0.15) is 5.10 Å². The first-order valence-electron chi connectivity index (χ1n) is 6.56. The lowest BCUT2D eigenvalue weighted by atomic mass is 10.2. The van der Waals surface area contributed by atoms with Gasteiger partial charge < -0.3 is 9.15 Å². The predicted molar refractivity (Wildman–Crippen MR) is 88.8 cm³/mol. The van der Waals surface area contributed by atoms with Gasteiger partial charge in [-0.05, 0) is 64.8 Å². The minimum absolute atomic E-state index is 0.110. The minimum Gasteiger partial charge on any atom is -0.483 e. The molecule has 2 rings (SSSR count). The Bertz CT molecular complexity index is 679. The molecule has 0 saturated carbocycles. The van der Waals surface area contributed by atoms with Gasteiger partial charge in [0.25, 0.3) is 5.91 Å². The van der Waals surface area contributed by atoms with E-state index in [-0.39, 0.29) is 12.5 Å². The maximum atomic E-state index is 11.6. The fourth-order valence-corrected chi connectivity index (χ4v) is 2.18. The Morgan fingerprint density at radius 1 is 1.45 bits per heavy atom. The van der Waals surface area contributed by atoms with E-state index in [1.54, 1.807) is 24.5 Å². The van der Waals surface area contributed by atoms with Crippen LogP contribution in [-0.2, 0) is 4.79 Å². The van der Waals surface area contributed by atoms with Crippen molar-refractivity contribution in [2.24, 2.45) is 5.10 Å². The predicted octanol–water partition coefficient (Wildman–Crippen LogP) is 3.54. The van der Waals surface area contributed by atoms with Crippen molar-refractivity contribution in [2.75, 3.05) is 6.61 Å². The third-order valence-electron chi connectivity index (χ3n) is 2.60. The van der Waals surface area contributed by atoms with Gasteiger partial charge in [0.05, 0.1) is 10.7 Å². The number of halogens is 1. The smallest absolute Gasteiger partial charge is 0.277 e. The summed E-state index contributed by atoms with van der Waals surface area (Å²) in [5, 5.41) is 3.77. The highest BCUT2D eigenvalue weighted by molar-refractivity contribution is 9.10. The number of aryl methyl sites for hydroxylation is 1. The van der Waals surface area contributed by atoms with E-state index in [4.69, 9.17) is 9.15 Å². The number of hydrazone groups is 1. The first-order chi connectivity index (χ1) is 10.6. The number of furan rings is 1. The fourth-order valence-electron chi connectivity index (χ4n) is 1.57. The van der Waals surface area contributed by atoms with E-state index in [1.807, 2.05) is 31.2 Å². The molecule has 0 unspecified atom stereocenters. The molecule has 1 N–H and O–H groups in total. The largest absolute Gasteiger partial charge is 0.483 e. The summed E-state index contributed by atoms with van der Waals surface area (Å²) >= 11 is 3.38. The molecular weight excluding hydrogens is 348 g/mol. The Morgan fingerprint density at radius 2 is 2.32 bits per heavy atom. The summed E-state index contributed by atoms with van der Waals surface area (Å²) in [6, 6.07) is 9.25. The molecule has 1 amide bonds. The van der Waals surface area contributed by atoms with Crippen molar-refractivity contribution in [1.29, 1.82) is 0 Å². The van der Waals surface area contributed by atoms with Gasteiger partial charge in [-0.3, -0.25) is 4.79 Å². The maximum absolute atomic E-state index is 11.6. The third-order valence-corrected chi connectivity index (χ3v) is 3.22. The average Bonchev–Trinajstić information content (AvgIpc) is 2.99. The van der Waals surface area contributed by atoms with E-state index < -0.39 is 0 Å². The molecule has 0 saturated heterocycles. The number of benzene rings is 1. The van der Waals surface area contributed by atoms with E-state index in [9.17, 15) is 4.79 Å². The summed E-state index contributed by atoms with van der Waals surface area (Å²) in [7, 11) is 0. The number of nitrogens with one attached hydrogen (secondary N) is 1. The van der Waals surface area contributed by atoms with Crippen LogP contribution in [0.3, 0.4) is 0 Å². The van der Waals surface area contributed by atoms with Crippen LogP contribution in [0.25, 0.3) is 6.08 Å². The van der Waals surface area contributed by atoms with Gasteiger partial charge in [-0.25, -0.2) is 5.43 Å². The maximum Gasteiger partial charge on any atom is 0.277 e. The van der Waals surface area contributed by atoms with E-state index in [2.05, 4.69) is 26.5 Å². The second-order valence-corrected chi connectivity index (χ2v) is 5.26. The van der Waals surface area contributed by atoms with E-state index in [1.165, 1.54) is 6.21 Å². The van der Waals surface area contributed by atoms with E-state index >= 15 is 0 Å². The number of ether oxygens (including phenoxy) is 1. The summed E-state index contributed by atoms with van der Waals surface area (Å²) in [5.41, 5.74) is 3.48. The molecule has 0 radical (unpaired) electrons. The van der Waals surface area contributed by atoms with Gasteiger partial charge in [0, 0.05) is 6.21 Å². The highest BCUT2D eigenvalue weighted by atomic mass is 79.9. The summed E-state index contributed by atoms with van der Waals surface area (Å²) in [4.78, 5) is 11.6. The number of carbonyl (C=O) groups excluding carboxylic acids is 1. The van der Waals surface area contributed by atoms with Crippen molar-refractivity contribution in [3.05, 3.63) is 58.5 Å². The lowest BCUT2D eigenvalue weighted by Crippen LogP contribution is -2.24. The summed E-state index contributed by atoms with van der Waals surface area (Å²) < 4.78 is 11.3. The molecule has 6 heteroatoms. The quantitative estimate of drug-likeness (QED) is 0.631. The van der Waals surface area contributed by atoms with Crippen molar-refractivity contribution in [3.63, 3.8) is 0 Å². The van der Waals surface area contributed by atoms with Crippen LogP contribution in [0.4, 0.5) is 0 Å². The normalized spacial score (nSPS) is 11.2. The molecule has 0 aliphatic heterocycles. The summed E-state index contributed by atoms with van der Waals surface area (Å²) in [6.45, 7) is 1.87. The van der Waals surface area contributed by atoms with Crippen LogP contribution < -0.4 is 10.2 Å². The molecule has 22 heavy (non-hydrogen) atoms. The van der Waals surface area contributed by atoms with Crippen LogP contribution in [-0.4, -0.2) is 18.7 Å². The van der Waals surface area contributed by atoms with Gasteiger partial charge in [0.1, 0.15) is 11.5 Å². The van der Waals surface area contributed by atoms with Crippen molar-refractivity contribution in [3.8, 4) is 5.75 Å². The Morgan fingerprint density at radius 3 is 3.05 bits per heavy atom. The fraction of sp³-hybridized carbons (Fsp3) is 0.125. The number of amides is 1. The van der Waals surface area contributed by atoms with Gasteiger partial charge in [-0.1, -0.05) is 6.07 Å². The first kappa shape index (κ1) is 16.0. The highest BCUT2D eigenvalue weighted by Crippen LogP contribution is 2.25. The topological polar surface area (TPSA) is 63.8 Å². The minimum atomic E-state index is -0.338. The van der Waals surface area contributed by atoms with Crippen LogP contribution in [0.1, 0.15) is 11.3 Å². The molecular formula is C16H15BrN2O3. The lowest BCUT2D eigenvalue weighted by Gasteiger charge is -2.07. The second-order valence-electron chi connectivity index (χ2n) is 4.41. The zero-order chi connectivity index (χ0) is 15.8. The number of nitrogens with zero attached hydrogens (tertiary/aromatic N) is 1. The van der Waals surface area contributed by atoms with Crippen molar-refractivity contribution >= 4 is 34.1 Å². The van der Waals surface area contributed by atoms with Crippen molar-refractivity contribution in [1.82, 2.24) is 5.43 Å². The molecule has 0 aliphatic rings. The molecule has 114 valence electrons. The zero-order valence-electron chi connectivity index (χ0n) is 12.0. The molecule has 0 fully saturated rings. The van der Waals surface area contributed by atoms with Crippen LogP contribution in [0, 0.1) is 6.92 Å². The van der Waals surface area contributed by atoms with Gasteiger partial charge in [0.15, 0.2) is 6.61 Å². The number of carbonyl (C=O) groups is 1. The summed E-state index contributed by atoms with van der Waals surface area (Å²) in [5.74, 6) is 0.989. The first-order valence-corrected chi connectivity index (χ1v) is 7.35. The van der Waals surface area contributed by atoms with Gasteiger partial charge in [-0.15, -0.1) is 0 Å². The molecule has 1 aromatic carbocycles. The SMILES string of the molecule is Cc1ccc(OCC(=O)NN=CC=Cc2ccco2)c(Br)c1. The molecule has 0 bridgehead atoms. The number of allylic oxidation sites excluding steroid dienone is 1. The Balaban J connectivity index is 1.73. The standard InChI is InChI=1S/C16H15BrN2O3/c1-12-6-7-15(14(17)10-12)22-11-16(20)19-18-8-2-4-13-5-3-9-21-13/h2-10H,11H2,1H3,(H,19,20). The van der Waals surface area contributed by atoms with Gasteiger partial charge >= 0.3 is 0 Å². The lowest BCUT2D eigenvalue weighted by molar-refractivity contribution is -0.123. The molecule has 0 atom stereocenters. The van der Waals surface area contributed by atoms with Crippen LogP contribution in [0.15, 0.2) is 56.7 Å². The van der Waals surface area contributed by atoms with E-state index in [0.29, 0.717) is 11.5 Å². The van der Waals surface area contributed by atoms with Crippen molar-refractivity contribution < 1.29 is 13.9 Å². The molecule has 5 nitrogen and oxygen atoms in total. The Hall–Kier alpha value is -2.34. The molecule has 1 heterocycles. The second kappa shape index (κ2) is 8.19. The van der Waals surface area contributed by atoms with Gasteiger partial charge in [0.2, 0.25) is 0 Å². The van der Waals surface area contributed by atoms with Crippen LogP contribution >= 0.6 is 15.9 Å². The Kier molecular flexibility index (Phi) is 5.97. The highest BCUT2D eigenvalue weighted by Gasteiger charge is 2.04. The van der Waals surface area contributed by atoms with Crippen LogP contribution in [0.5, 0.6) is 5.75 Å². The molecule has 1 aromatic heterocycles. The molecule has 0 aliphatic carbocycles. The summed E-state index contributed by atoms with van der Waals surface area (Å²) in [6.07, 6.45) is 6.44. The Labute approximate surface area is 136 Å². The third kappa shape index (κ3) is 5.21. The number of rotatable bonds is 6.